The summed E-state index contributed by atoms with van der Waals surface area (Å²) in [6, 6.07) is 9.65. The van der Waals surface area contributed by atoms with E-state index < -0.39 is 10.0 Å². The average molecular weight is 441 g/mol. The van der Waals surface area contributed by atoms with Crippen LogP contribution in [0.15, 0.2) is 41.3 Å². The topological polar surface area (TPSA) is 90.5 Å². The SMILES string of the molecule is O=C1CC2CNCCN2c2ccc(NS(=O)(=O)c3c(Cl)cccc3Cl)cc2N1. The summed E-state index contributed by atoms with van der Waals surface area (Å²) in [7, 11) is -4.00. The molecule has 2 aromatic carbocycles. The van der Waals surface area contributed by atoms with Crippen molar-refractivity contribution in [2.75, 3.05) is 34.6 Å². The molecule has 148 valence electrons. The normalized spacial score (nSPS) is 19.3. The van der Waals surface area contributed by atoms with Crippen LogP contribution in [0.4, 0.5) is 17.1 Å². The third kappa shape index (κ3) is 3.65. The highest BCUT2D eigenvalue weighted by Gasteiger charge is 2.30. The molecule has 1 amide bonds. The van der Waals surface area contributed by atoms with Gasteiger partial charge < -0.3 is 15.5 Å². The number of piperazine rings is 1. The van der Waals surface area contributed by atoms with Crippen molar-refractivity contribution >= 4 is 56.2 Å². The molecule has 0 radical (unpaired) electrons. The number of nitrogens with zero attached hydrogens (tertiary/aromatic N) is 1. The van der Waals surface area contributed by atoms with E-state index in [4.69, 9.17) is 23.2 Å². The summed E-state index contributed by atoms with van der Waals surface area (Å²) in [5.41, 5.74) is 1.75. The fourth-order valence-electron chi connectivity index (χ4n) is 3.57. The Hall–Kier alpha value is -2.00. The Balaban J connectivity index is 1.69. The van der Waals surface area contributed by atoms with E-state index in [0.29, 0.717) is 17.8 Å². The molecule has 1 unspecified atom stereocenters. The van der Waals surface area contributed by atoms with E-state index in [9.17, 15) is 13.2 Å². The molecule has 0 spiro atoms. The summed E-state index contributed by atoms with van der Waals surface area (Å²) in [6.45, 7) is 2.32. The summed E-state index contributed by atoms with van der Waals surface area (Å²) in [5, 5.41) is 6.24. The summed E-state index contributed by atoms with van der Waals surface area (Å²) in [5.74, 6) is -0.105. The molecular weight excluding hydrogens is 423 g/mol. The highest BCUT2D eigenvalue weighted by Crippen LogP contribution is 2.36. The van der Waals surface area contributed by atoms with Gasteiger partial charge in [0.1, 0.15) is 4.90 Å². The van der Waals surface area contributed by atoms with Crippen molar-refractivity contribution < 1.29 is 13.2 Å². The first-order valence-electron chi connectivity index (χ1n) is 8.73. The van der Waals surface area contributed by atoms with Crippen LogP contribution in [0.5, 0.6) is 0 Å². The maximum Gasteiger partial charge on any atom is 0.264 e. The van der Waals surface area contributed by atoms with E-state index in [-0.39, 0.29) is 26.9 Å². The molecule has 1 saturated heterocycles. The van der Waals surface area contributed by atoms with Crippen LogP contribution in [0.3, 0.4) is 0 Å². The van der Waals surface area contributed by atoms with Gasteiger partial charge in [0.05, 0.1) is 33.1 Å². The minimum Gasteiger partial charge on any atom is -0.364 e. The molecule has 0 aliphatic carbocycles. The average Bonchev–Trinajstić information content (AvgIpc) is 2.75. The second kappa shape index (κ2) is 7.44. The minimum absolute atomic E-state index is 0.0340. The van der Waals surface area contributed by atoms with E-state index in [0.717, 1.165) is 25.3 Å². The van der Waals surface area contributed by atoms with Crippen molar-refractivity contribution in [1.29, 1.82) is 0 Å². The lowest BCUT2D eigenvalue weighted by atomic mass is 10.1. The second-order valence-electron chi connectivity index (χ2n) is 6.69. The Morgan fingerprint density at radius 1 is 1.14 bits per heavy atom. The molecule has 0 aromatic heterocycles. The molecule has 2 aromatic rings. The highest BCUT2D eigenvalue weighted by atomic mass is 35.5. The Morgan fingerprint density at radius 2 is 1.89 bits per heavy atom. The van der Waals surface area contributed by atoms with Crippen molar-refractivity contribution in [2.24, 2.45) is 0 Å². The lowest BCUT2D eigenvalue weighted by Gasteiger charge is -2.36. The minimum atomic E-state index is -4.00. The Labute approximate surface area is 173 Å². The molecule has 28 heavy (non-hydrogen) atoms. The summed E-state index contributed by atoms with van der Waals surface area (Å²) < 4.78 is 28.1. The van der Waals surface area contributed by atoms with Gasteiger partial charge in [-0.1, -0.05) is 29.3 Å². The highest BCUT2D eigenvalue weighted by molar-refractivity contribution is 7.93. The van der Waals surface area contributed by atoms with Crippen LogP contribution in [-0.2, 0) is 14.8 Å². The van der Waals surface area contributed by atoms with Gasteiger partial charge in [0.2, 0.25) is 5.91 Å². The first kappa shape index (κ1) is 19.3. The first-order valence-corrected chi connectivity index (χ1v) is 11.0. The number of nitrogens with one attached hydrogen (secondary N) is 3. The van der Waals surface area contributed by atoms with Crippen LogP contribution in [0.1, 0.15) is 6.42 Å². The molecule has 3 N–H and O–H groups in total. The molecule has 1 fully saturated rings. The fraction of sp³-hybridized carbons (Fsp3) is 0.278. The summed E-state index contributed by atoms with van der Waals surface area (Å²) >= 11 is 12.1. The van der Waals surface area contributed by atoms with E-state index >= 15 is 0 Å². The van der Waals surface area contributed by atoms with Gasteiger partial charge in [0, 0.05) is 26.1 Å². The van der Waals surface area contributed by atoms with E-state index in [1.54, 1.807) is 18.2 Å². The van der Waals surface area contributed by atoms with Crippen molar-refractivity contribution in [2.45, 2.75) is 17.4 Å². The lowest BCUT2D eigenvalue weighted by molar-refractivity contribution is -0.116. The molecule has 1 atom stereocenters. The number of sulfonamides is 1. The van der Waals surface area contributed by atoms with Crippen LogP contribution >= 0.6 is 23.2 Å². The van der Waals surface area contributed by atoms with Gasteiger partial charge in [0.25, 0.3) is 10.0 Å². The van der Waals surface area contributed by atoms with Gasteiger partial charge in [-0.25, -0.2) is 8.42 Å². The molecule has 2 aliphatic rings. The van der Waals surface area contributed by atoms with Gasteiger partial charge >= 0.3 is 0 Å². The van der Waals surface area contributed by atoms with Gasteiger partial charge in [-0.05, 0) is 30.3 Å². The molecule has 2 heterocycles. The zero-order valence-corrected chi connectivity index (χ0v) is 17.0. The van der Waals surface area contributed by atoms with Crippen molar-refractivity contribution in [3.8, 4) is 0 Å². The van der Waals surface area contributed by atoms with Gasteiger partial charge in [-0.3, -0.25) is 9.52 Å². The van der Waals surface area contributed by atoms with Crippen LogP contribution in [0.25, 0.3) is 0 Å². The summed E-state index contributed by atoms with van der Waals surface area (Å²) in [6.07, 6.45) is 0.373. The van der Waals surface area contributed by atoms with Crippen LogP contribution in [0, 0.1) is 0 Å². The van der Waals surface area contributed by atoms with Crippen molar-refractivity contribution in [1.82, 2.24) is 5.32 Å². The molecular formula is C18H18Cl2N4O3S. The van der Waals surface area contributed by atoms with Gasteiger partial charge in [0.15, 0.2) is 0 Å². The number of halogens is 2. The second-order valence-corrected chi connectivity index (χ2v) is 9.13. The Bertz CT molecular complexity index is 1020. The quantitative estimate of drug-likeness (QED) is 0.682. The first-order chi connectivity index (χ1) is 13.3. The number of hydrogen-bond acceptors (Lipinski definition) is 5. The van der Waals surface area contributed by atoms with Crippen LogP contribution in [0.2, 0.25) is 10.0 Å². The molecule has 0 saturated carbocycles. The van der Waals surface area contributed by atoms with Crippen molar-refractivity contribution in [3.05, 3.63) is 46.4 Å². The standard InChI is InChI=1S/C18H18Cl2N4O3S/c19-13-2-1-3-14(20)18(13)28(26,27)23-11-4-5-16-15(8-11)22-17(25)9-12-10-21-6-7-24(12)16/h1-5,8,12,21,23H,6-7,9-10H2,(H,22,25). The van der Waals surface area contributed by atoms with Crippen LogP contribution < -0.4 is 20.3 Å². The Morgan fingerprint density at radius 3 is 2.64 bits per heavy atom. The maximum absolute atomic E-state index is 12.8. The number of fused-ring (bicyclic) bond motifs is 3. The lowest BCUT2D eigenvalue weighted by Crippen LogP contribution is -2.51. The number of benzene rings is 2. The van der Waals surface area contributed by atoms with E-state index in [1.165, 1.54) is 12.1 Å². The van der Waals surface area contributed by atoms with Gasteiger partial charge in [-0.2, -0.15) is 0 Å². The van der Waals surface area contributed by atoms with Crippen LogP contribution in [-0.4, -0.2) is 40.0 Å². The smallest absolute Gasteiger partial charge is 0.264 e. The predicted molar refractivity (Wildman–Crippen MR) is 111 cm³/mol. The zero-order chi connectivity index (χ0) is 19.9. The number of hydrogen-bond donors (Lipinski definition) is 3. The molecule has 4 rings (SSSR count). The third-order valence-corrected chi connectivity index (χ3v) is 7.13. The Kier molecular flexibility index (Phi) is 5.13. The monoisotopic (exact) mass is 440 g/mol. The number of amides is 1. The molecule has 0 bridgehead atoms. The van der Waals surface area contributed by atoms with E-state index in [2.05, 4.69) is 20.3 Å². The number of carbonyl (C=O) groups excluding carboxylic acids is 1. The zero-order valence-electron chi connectivity index (χ0n) is 14.7. The fourth-order valence-corrected chi connectivity index (χ4v) is 5.77. The molecule has 10 heteroatoms. The number of rotatable bonds is 3. The summed E-state index contributed by atoms with van der Waals surface area (Å²) in [4.78, 5) is 14.3. The molecule has 7 nitrogen and oxygen atoms in total. The van der Waals surface area contributed by atoms with Crippen molar-refractivity contribution in [3.63, 3.8) is 0 Å². The predicted octanol–water partition coefficient (Wildman–Crippen LogP) is 2.91. The molecule has 2 aliphatic heterocycles. The van der Waals surface area contributed by atoms with Gasteiger partial charge in [-0.15, -0.1) is 0 Å². The number of anilines is 3. The largest absolute Gasteiger partial charge is 0.364 e. The number of carbonyl (C=O) groups is 1. The third-order valence-electron chi connectivity index (χ3n) is 4.79. The van der Waals surface area contributed by atoms with E-state index in [1.807, 2.05) is 6.07 Å². The maximum atomic E-state index is 12.8.